The predicted octanol–water partition coefficient (Wildman–Crippen LogP) is 2.09. The first kappa shape index (κ1) is 9.62. The van der Waals surface area contributed by atoms with E-state index in [1.807, 2.05) is 13.0 Å². The Balaban J connectivity index is 2.60. The number of hydrogen-bond donors (Lipinski definition) is 1. The minimum atomic E-state index is 0.242. The third-order valence-corrected chi connectivity index (χ3v) is 2.77. The van der Waals surface area contributed by atoms with Crippen molar-refractivity contribution in [3.63, 3.8) is 0 Å². The second kappa shape index (κ2) is 3.67. The molecule has 4 heteroatoms. The van der Waals surface area contributed by atoms with E-state index in [4.69, 9.17) is 26.8 Å². The highest BCUT2D eigenvalue weighted by atomic mass is 35.5. The zero-order valence-corrected chi connectivity index (χ0v) is 8.73. The maximum atomic E-state index is 6.18. The van der Waals surface area contributed by atoms with Crippen molar-refractivity contribution in [1.29, 1.82) is 0 Å². The number of ether oxygens (including phenoxy) is 2. The maximum absolute atomic E-state index is 6.18. The molecule has 1 aliphatic heterocycles. The first-order chi connectivity index (χ1) is 6.77. The average molecular weight is 214 g/mol. The van der Waals surface area contributed by atoms with Crippen LogP contribution in [0, 0.1) is 0 Å². The molecular weight excluding hydrogens is 202 g/mol. The minimum absolute atomic E-state index is 0.242. The molecule has 1 aromatic carbocycles. The third-order valence-electron chi connectivity index (χ3n) is 2.37. The summed E-state index contributed by atoms with van der Waals surface area (Å²) in [5, 5.41) is 0.642. The van der Waals surface area contributed by atoms with Gasteiger partial charge in [0, 0.05) is 6.54 Å². The summed E-state index contributed by atoms with van der Waals surface area (Å²) in [6.07, 6.45) is 0.849. The molecule has 3 nitrogen and oxygen atoms in total. The lowest BCUT2D eigenvalue weighted by Crippen LogP contribution is -2.01. The van der Waals surface area contributed by atoms with Gasteiger partial charge >= 0.3 is 0 Å². The molecule has 1 aliphatic rings. The molecule has 0 saturated carbocycles. The largest absolute Gasteiger partial charge is 0.454 e. The second-order valence-electron chi connectivity index (χ2n) is 3.12. The summed E-state index contributed by atoms with van der Waals surface area (Å²) in [4.78, 5) is 0. The summed E-state index contributed by atoms with van der Waals surface area (Å²) in [6, 6.07) is 1.91. The number of fused-ring (bicyclic) bond motifs is 1. The topological polar surface area (TPSA) is 44.5 Å². The van der Waals surface area contributed by atoms with E-state index in [1.54, 1.807) is 0 Å². The SMILES string of the molecule is CCc1c(CN)cc2c(c1Cl)OCO2. The smallest absolute Gasteiger partial charge is 0.231 e. The Labute approximate surface area is 87.8 Å². The molecule has 76 valence electrons. The van der Waals surface area contributed by atoms with Gasteiger partial charge in [0.15, 0.2) is 11.5 Å². The van der Waals surface area contributed by atoms with Gasteiger partial charge in [-0.15, -0.1) is 0 Å². The quantitative estimate of drug-likeness (QED) is 0.818. The third kappa shape index (κ3) is 1.33. The summed E-state index contributed by atoms with van der Waals surface area (Å²) < 4.78 is 10.5. The maximum Gasteiger partial charge on any atom is 0.231 e. The van der Waals surface area contributed by atoms with Crippen LogP contribution in [0.5, 0.6) is 11.5 Å². The van der Waals surface area contributed by atoms with Gasteiger partial charge in [0.1, 0.15) is 0 Å². The summed E-state index contributed by atoms with van der Waals surface area (Å²) in [5.41, 5.74) is 7.72. The van der Waals surface area contributed by atoms with Gasteiger partial charge in [0.05, 0.1) is 5.02 Å². The van der Waals surface area contributed by atoms with Crippen LogP contribution in [0.15, 0.2) is 6.07 Å². The van der Waals surface area contributed by atoms with Crippen molar-refractivity contribution in [2.24, 2.45) is 5.73 Å². The molecule has 0 bridgehead atoms. The van der Waals surface area contributed by atoms with Gasteiger partial charge in [0.2, 0.25) is 6.79 Å². The van der Waals surface area contributed by atoms with Crippen molar-refractivity contribution < 1.29 is 9.47 Å². The number of nitrogens with two attached hydrogens (primary N) is 1. The van der Waals surface area contributed by atoms with Crippen molar-refractivity contribution in [2.45, 2.75) is 19.9 Å². The highest BCUT2D eigenvalue weighted by Crippen LogP contribution is 2.42. The molecule has 0 spiro atoms. The van der Waals surface area contributed by atoms with Crippen LogP contribution in [0.4, 0.5) is 0 Å². The van der Waals surface area contributed by atoms with Crippen LogP contribution >= 0.6 is 11.6 Å². The van der Waals surface area contributed by atoms with Crippen molar-refractivity contribution in [1.82, 2.24) is 0 Å². The van der Waals surface area contributed by atoms with Crippen LogP contribution < -0.4 is 15.2 Å². The molecule has 0 aromatic heterocycles. The fraction of sp³-hybridized carbons (Fsp3) is 0.400. The zero-order valence-electron chi connectivity index (χ0n) is 7.97. The van der Waals surface area contributed by atoms with E-state index in [0.717, 1.165) is 17.5 Å². The van der Waals surface area contributed by atoms with Crippen LogP contribution in [-0.4, -0.2) is 6.79 Å². The van der Waals surface area contributed by atoms with Gasteiger partial charge in [-0.05, 0) is 23.6 Å². The summed E-state index contributed by atoms with van der Waals surface area (Å²) in [5.74, 6) is 1.35. The lowest BCUT2D eigenvalue weighted by atomic mass is 10.0. The second-order valence-corrected chi connectivity index (χ2v) is 3.50. The number of benzene rings is 1. The summed E-state index contributed by atoms with van der Waals surface area (Å²) >= 11 is 6.18. The Morgan fingerprint density at radius 3 is 2.93 bits per heavy atom. The molecule has 0 radical (unpaired) electrons. The molecule has 1 aromatic rings. The van der Waals surface area contributed by atoms with Gasteiger partial charge in [-0.1, -0.05) is 18.5 Å². The fourth-order valence-electron chi connectivity index (χ4n) is 1.66. The molecule has 0 fully saturated rings. The average Bonchev–Trinajstić information content (AvgIpc) is 2.65. The number of hydrogen-bond acceptors (Lipinski definition) is 3. The Hall–Kier alpha value is -0.930. The molecule has 0 atom stereocenters. The summed E-state index contributed by atoms with van der Waals surface area (Å²) in [6.45, 7) is 2.76. The predicted molar refractivity (Wildman–Crippen MR) is 54.8 cm³/mol. The van der Waals surface area contributed by atoms with Gasteiger partial charge in [-0.2, -0.15) is 0 Å². The minimum Gasteiger partial charge on any atom is -0.454 e. The zero-order chi connectivity index (χ0) is 10.1. The van der Waals surface area contributed by atoms with Crippen LogP contribution in [0.1, 0.15) is 18.1 Å². The Bertz CT molecular complexity index is 366. The molecule has 2 rings (SSSR count). The fourth-order valence-corrected chi connectivity index (χ4v) is 2.06. The number of rotatable bonds is 2. The van der Waals surface area contributed by atoms with E-state index < -0.39 is 0 Å². The molecule has 0 amide bonds. The molecule has 1 heterocycles. The Kier molecular flexibility index (Phi) is 2.52. The van der Waals surface area contributed by atoms with Crippen LogP contribution in [-0.2, 0) is 13.0 Å². The van der Waals surface area contributed by atoms with E-state index in [9.17, 15) is 0 Å². The normalized spacial score (nSPS) is 13.4. The number of halogens is 1. The van der Waals surface area contributed by atoms with Crippen molar-refractivity contribution in [3.8, 4) is 11.5 Å². The molecular formula is C10H12ClNO2. The first-order valence-electron chi connectivity index (χ1n) is 4.57. The lowest BCUT2D eigenvalue weighted by Gasteiger charge is -2.10. The first-order valence-corrected chi connectivity index (χ1v) is 4.95. The highest BCUT2D eigenvalue weighted by molar-refractivity contribution is 6.33. The molecule has 2 N–H and O–H groups in total. The van der Waals surface area contributed by atoms with Gasteiger partial charge < -0.3 is 15.2 Å². The van der Waals surface area contributed by atoms with Crippen molar-refractivity contribution >= 4 is 11.6 Å². The van der Waals surface area contributed by atoms with Gasteiger partial charge in [0.25, 0.3) is 0 Å². The van der Waals surface area contributed by atoms with E-state index in [1.165, 1.54) is 0 Å². The molecule has 0 aliphatic carbocycles. The van der Waals surface area contributed by atoms with E-state index in [0.29, 0.717) is 23.1 Å². The van der Waals surface area contributed by atoms with Gasteiger partial charge in [-0.3, -0.25) is 0 Å². The Morgan fingerprint density at radius 2 is 2.29 bits per heavy atom. The van der Waals surface area contributed by atoms with Gasteiger partial charge in [-0.25, -0.2) is 0 Å². The lowest BCUT2D eigenvalue weighted by molar-refractivity contribution is 0.174. The molecule has 0 saturated heterocycles. The van der Waals surface area contributed by atoms with Crippen molar-refractivity contribution in [3.05, 3.63) is 22.2 Å². The Morgan fingerprint density at radius 1 is 1.50 bits per heavy atom. The van der Waals surface area contributed by atoms with E-state index in [2.05, 4.69) is 0 Å². The van der Waals surface area contributed by atoms with Crippen LogP contribution in [0.25, 0.3) is 0 Å². The monoisotopic (exact) mass is 213 g/mol. The standard InChI is InChI=1S/C10H12ClNO2/c1-2-7-6(4-12)3-8-10(9(7)11)14-5-13-8/h3H,2,4-5,12H2,1H3. The summed E-state index contributed by atoms with van der Waals surface area (Å²) in [7, 11) is 0. The van der Waals surface area contributed by atoms with Crippen LogP contribution in [0.2, 0.25) is 5.02 Å². The van der Waals surface area contributed by atoms with E-state index in [-0.39, 0.29) is 6.79 Å². The van der Waals surface area contributed by atoms with Crippen molar-refractivity contribution in [2.75, 3.05) is 6.79 Å². The highest BCUT2D eigenvalue weighted by Gasteiger charge is 2.21. The van der Waals surface area contributed by atoms with Crippen LogP contribution in [0.3, 0.4) is 0 Å². The molecule has 0 unspecified atom stereocenters. The molecule has 14 heavy (non-hydrogen) atoms. The van der Waals surface area contributed by atoms with E-state index >= 15 is 0 Å².